The lowest BCUT2D eigenvalue weighted by molar-refractivity contribution is -0.162. The first-order valence-electron chi connectivity index (χ1n) is 21.5. The molecule has 3 atom stereocenters. The Morgan fingerprint density at radius 2 is 0.680 bits per heavy atom. The van der Waals surface area contributed by atoms with Crippen molar-refractivity contribution in [1.82, 2.24) is 0 Å². The van der Waals surface area contributed by atoms with Crippen molar-refractivity contribution in [3.8, 4) is 0 Å². The molecule has 0 saturated carbocycles. The third-order valence-corrected chi connectivity index (χ3v) is 9.94. The third-order valence-electron chi connectivity index (χ3n) is 9.94. The topological polar surface area (TPSA) is 88.1 Å². The van der Waals surface area contributed by atoms with Crippen molar-refractivity contribution in [3.05, 3.63) is 0 Å². The smallest absolute Gasteiger partial charge is 0.465 e. The minimum Gasteiger partial charge on any atom is -0.465 e. The molecule has 0 spiro atoms. The number of ether oxygens (including phenoxy) is 4. The molecule has 0 fully saturated rings. The van der Waals surface area contributed by atoms with Crippen molar-refractivity contribution < 1.29 is 33.3 Å². The van der Waals surface area contributed by atoms with Gasteiger partial charge in [0.25, 0.3) is 0 Å². The second-order valence-corrected chi connectivity index (χ2v) is 15.1. The first-order chi connectivity index (χ1) is 24.3. The Balaban J connectivity index is 4.36. The minimum atomic E-state index is -0.821. The van der Waals surface area contributed by atoms with E-state index in [9.17, 15) is 14.4 Å². The number of rotatable bonds is 37. The van der Waals surface area contributed by atoms with Gasteiger partial charge in [-0.05, 0) is 43.9 Å². The second-order valence-electron chi connectivity index (χ2n) is 15.1. The van der Waals surface area contributed by atoms with E-state index >= 15 is 0 Å². The standard InChI is InChI=1S/C43H82O7/c1-6-9-12-15-18-20-23-25-35-48-42(45)40(41(44)47-34-24-22-19-16-13-10-7-2)32-28-31-38(4)29-27-30-39(5)33-37-50-43(46)49-36-26-21-17-14-11-8-3/h38-40H,6-37H2,1-5H3. The van der Waals surface area contributed by atoms with Gasteiger partial charge in [0.2, 0.25) is 0 Å². The first kappa shape index (κ1) is 48.2. The van der Waals surface area contributed by atoms with Crippen molar-refractivity contribution in [1.29, 1.82) is 0 Å². The van der Waals surface area contributed by atoms with E-state index in [0.29, 0.717) is 44.7 Å². The van der Waals surface area contributed by atoms with E-state index in [1.54, 1.807) is 0 Å². The number of carbonyl (C=O) groups is 3. The summed E-state index contributed by atoms with van der Waals surface area (Å²) >= 11 is 0. The highest BCUT2D eigenvalue weighted by atomic mass is 16.7. The van der Waals surface area contributed by atoms with Crippen LogP contribution in [0.5, 0.6) is 0 Å². The van der Waals surface area contributed by atoms with Crippen LogP contribution in [0, 0.1) is 17.8 Å². The molecule has 0 radical (unpaired) electrons. The molecule has 0 aliphatic carbocycles. The fourth-order valence-electron chi connectivity index (χ4n) is 6.37. The Morgan fingerprint density at radius 1 is 0.360 bits per heavy atom. The zero-order chi connectivity index (χ0) is 36.9. The van der Waals surface area contributed by atoms with E-state index in [0.717, 1.165) is 77.0 Å². The molecule has 0 aliphatic heterocycles. The average molecular weight is 711 g/mol. The maximum Gasteiger partial charge on any atom is 0.508 e. The molecular formula is C43H82O7. The molecule has 0 N–H and O–H groups in total. The number of carbonyl (C=O) groups excluding carboxylic acids is 3. The lowest BCUT2D eigenvalue weighted by Gasteiger charge is -2.17. The monoisotopic (exact) mass is 711 g/mol. The summed E-state index contributed by atoms with van der Waals surface area (Å²) in [5.41, 5.74) is 0. The summed E-state index contributed by atoms with van der Waals surface area (Å²) in [5.74, 6) is -0.661. The summed E-state index contributed by atoms with van der Waals surface area (Å²) in [4.78, 5) is 37.9. The lowest BCUT2D eigenvalue weighted by atomic mass is 9.92. The van der Waals surface area contributed by atoms with Gasteiger partial charge in [0.05, 0.1) is 26.4 Å². The normalized spacial score (nSPS) is 13.1. The summed E-state index contributed by atoms with van der Waals surface area (Å²) in [6.45, 7) is 12.7. The highest BCUT2D eigenvalue weighted by molar-refractivity contribution is 5.94. The first-order valence-corrected chi connectivity index (χ1v) is 21.5. The van der Waals surface area contributed by atoms with Gasteiger partial charge in [-0.25, -0.2) is 4.79 Å². The molecule has 50 heavy (non-hydrogen) atoms. The molecule has 0 rings (SSSR count). The Kier molecular flexibility index (Phi) is 35.7. The van der Waals surface area contributed by atoms with E-state index in [-0.39, 0.29) is 0 Å². The quantitative estimate of drug-likeness (QED) is 0.0274. The van der Waals surface area contributed by atoms with Gasteiger partial charge in [-0.2, -0.15) is 0 Å². The van der Waals surface area contributed by atoms with Crippen molar-refractivity contribution in [2.45, 2.75) is 214 Å². The molecule has 0 aliphatic rings. The summed E-state index contributed by atoms with van der Waals surface area (Å²) in [7, 11) is 0. The molecule has 0 heterocycles. The summed E-state index contributed by atoms with van der Waals surface area (Å²) in [5, 5.41) is 0. The number of hydrogen-bond donors (Lipinski definition) is 0. The van der Waals surface area contributed by atoms with Gasteiger partial charge >= 0.3 is 18.1 Å². The summed E-state index contributed by atoms with van der Waals surface area (Å²) in [6, 6.07) is 0. The van der Waals surface area contributed by atoms with Crippen LogP contribution in [-0.2, 0) is 28.5 Å². The van der Waals surface area contributed by atoms with E-state index in [2.05, 4.69) is 34.6 Å². The Hall–Kier alpha value is -1.79. The van der Waals surface area contributed by atoms with Crippen LogP contribution in [0.25, 0.3) is 0 Å². The van der Waals surface area contributed by atoms with Gasteiger partial charge in [-0.1, -0.05) is 182 Å². The summed E-state index contributed by atoms with van der Waals surface area (Å²) in [6.07, 6.45) is 30.4. The van der Waals surface area contributed by atoms with Gasteiger partial charge < -0.3 is 18.9 Å². The van der Waals surface area contributed by atoms with E-state index < -0.39 is 24.0 Å². The van der Waals surface area contributed by atoms with Crippen LogP contribution in [-0.4, -0.2) is 44.5 Å². The Labute approximate surface area is 309 Å². The third kappa shape index (κ3) is 32.1. The molecule has 296 valence electrons. The highest BCUT2D eigenvalue weighted by Crippen LogP contribution is 2.22. The zero-order valence-corrected chi connectivity index (χ0v) is 33.7. The van der Waals surface area contributed by atoms with Crippen LogP contribution in [0.2, 0.25) is 0 Å². The van der Waals surface area contributed by atoms with Gasteiger partial charge in [-0.3, -0.25) is 9.59 Å². The predicted octanol–water partition coefficient (Wildman–Crippen LogP) is 13.1. The molecule has 3 unspecified atom stereocenters. The fraction of sp³-hybridized carbons (Fsp3) is 0.930. The maximum absolute atomic E-state index is 13.0. The van der Waals surface area contributed by atoms with Crippen LogP contribution in [0.1, 0.15) is 214 Å². The predicted molar refractivity (Wildman–Crippen MR) is 207 cm³/mol. The van der Waals surface area contributed by atoms with Gasteiger partial charge in [0.15, 0.2) is 5.92 Å². The minimum absolute atomic E-state index is 0.383. The number of unbranched alkanes of at least 4 members (excludes halogenated alkanes) is 18. The lowest BCUT2D eigenvalue weighted by Crippen LogP contribution is -2.28. The van der Waals surface area contributed by atoms with Gasteiger partial charge in [-0.15, -0.1) is 0 Å². The zero-order valence-electron chi connectivity index (χ0n) is 33.7. The molecule has 0 aromatic rings. The van der Waals surface area contributed by atoms with Crippen molar-refractivity contribution in [2.75, 3.05) is 26.4 Å². The van der Waals surface area contributed by atoms with Crippen LogP contribution >= 0.6 is 0 Å². The van der Waals surface area contributed by atoms with E-state index in [4.69, 9.17) is 18.9 Å². The molecular weight excluding hydrogens is 628 g/mol. The molecule has 7 nitrogen and oxygen atoms in total. The van der Waals surface area contributed by atoms with Crippen molar-refractivity contribution in [2.24, 2.45) is 17.8 Å². The van der Waals surface area contributed by atoms with Crippen LogP contribution in [0.3, 0.4) is 0 Å². The summed E-state index contributed by atoms with van der Waals surface area (Å²) < 4.78 is 21.7. The van der Waals surface area contributed by atoms with Crippen molar-refractivity contribution >= 4 is 18.1 Å². The van der Waals surface area contributed by atoms with Crippen LogP contribution in [0.4, 0.5) is 4.79 Å². The number of hydrogen-bond acceptors (Lipinski definition) is 7. The Morgan fingerprint density at radius 3 is 1.10 bits per heavy atom. The molecule has 0 saturated heterocycles. The molecule has 0 aromatic heterocycles. The van der Waals surface area contributed by atoms with Gasteiger partial charge in [0, 0.05) is 0 Å². The molecule has 0 bridgehead atoms. The van der Waals surface area contributed by atoms with Gasteiger partial charge in [0.1, 0.15) is 0 Å². The van der Waals surface area contributed by atoms with Crippen LogP contribution in [0.15, 0.2) is 0 Å². The second kappa shape index (κ2) is 37.0. The molecule has 7 heteroatoms. The van der Waals surface area contributed by atoms with E-state index in [1.807, 2.05) is 0 Å². The number of esters is 2. The van der Waals surface area contributed by atoms with E-state index in [1.165, 1.54) is 96.3 Å². The molecule has 0 amide bonds. The van der Waals surface area contributed by atoms with Crippen LogP contribution < -0.4 is 0 Å². The highest BCUT2D eigenvalue weighted by Gasteiger charge is 2.29. The molecule has 0 aromatic carbocycles. The Bertz CT molecular complexity index is 770. The fourth-order valence-corrected chi connectivity index (χ4v) is 6.37. The largest absolute Gasteiger partial charge is 0.508 e. The average Bonchev–Trinajstić information content (AvgIpc) is 3.10. The van der Waals surface area contributed by atoms with Crippen molar-refractivity contribution in [3.63, 3.8) is 0 Å². The SMILES string of the molecule is CCCCCCCCCCOC(=O)C(CCCC(C)CCCC(C)CCOC(=O)OCCCCCCCC)C(=O)OCCCCCCCCC. The maximum atomic E-state index is 13.0.